The summed E-state index contributed by atoms with van der Waals surface area (Å²) in [6, 6.07) is 16.6. The Kier molecular flexibility index (Phi) is 4.60. The lowest BCUT2D eigenvalue weighted by Gasteiger charge is -2.10. The maximum Gasteiger partial charge on any atom is 0.191 e. The number of aryl methyl sites for hydroxylation is 1. The lowest BCUT2D eigenvalue weighted by atomic mass is 10.2. The van der Waals surface area contributed by atoms with Gasteiger partial charge in [0.15, 0.2) is 5.16 Å². The highest BCUT2D eigenvalue weighted by Gasteiger charge is 2.30. The molecule has 1 aliphatic rings. The van der Waals surface area contributed by atoms with Crippen LogP contribution in [0.15, 0.2) is 59.9 Å². The second-order valence-electron chi connectivity index (χ2n) is 6.11. The summed E-state index contributed by atoms with van der Waals surface area (Å²) in [5, 5.41) is 9.96. The molecule has 122 valence electrons. The van der Waals surface area contributed by atoms with Crippen LogP contribution in [0, 0.1) is 0 Å². The van der Waals surface area contributed by atoms with Crippen LogP contribution in [0.3, 0.4) is 0 Å². The number of pyridine rings is 1. The maximum atomic E-state index is 4.48. The SMILES string of the molecule is c1ccc(Cn2c(SCCc3ccccn3)nnc2C2CC2)cc1. The molecule has 1 aromatic carbocycles. The molecule has 0 unspecified atom stereocenters. The van der Waals surface area contributed by atoms with E-state index in [9.17, 15) is 0 Å². The maximum absolute atomic E-state index is 4.48. The summed E-state index contributed by atoms with van der Waals surface area (Å²) in [5.41, 5.74) is 2.42. The number of nitrogens with zero attached hydrogens (tertiary/aromatic N) is 4. The molecule has 0 aliphatic heterocycles. The van der Waals surface area contributed by atoms with Gasteiger partial charge in [-0.25, -0.2) is 0 Å². The third kappa shape index (κ3) is 3.67. The molecular weight excluding hydrogens is 316 g/mol. The van der Waals surface area contributed by atoms with E-state index >= 15 is 0 Å². The van der Waals surface area contributed by atoms with E-state index in [1.807, 2.05) is 18.3 Å². The van der Waals surface area contributed by atoms with Gasteiger partial charge in [-0.3, -0.25) is 4.98 Å². The van der Waals surface area contributed by atoms with Crippen LogP contribution in [0.25, 0.3) is 0 Å². The van der Waals surface area contributed by atoms with Gasteiger partial charge in [-0.2, -0.15) is 0 Å². The molecule has 1 aliphatic carbocycles. The Morgan fingerprint density at radius 1 is 1.00 bits per heavy atom. The molecule has 0 atom stereocenters. The molecule has 4 nitrogen and oxygen atoms in total. The zero-order valence-corrected chi connectivity index (χ0v) is 14.3. The molecule has 1 saturated carbocycles. The van der Waals surface area contributed by atoms with E-state index in [0.29, 0.717) is 5.92 Å². The highest BCUT2D eigenvalue weighted by molar-refractivity contribution is 7.99. The Morgan fingerprint density at radius 3 is 2.58 bits per heavy atom. The zero-order chi connectivity index (χ0) is 16.2. The molecule has 2 heterocycles. The summed E-state index contributed by atoms with van der Waals surface area (Å²) < 4.78 is 2.30. The second kappa shape index (κ2) is 7.18. The first kappa shape index (κ1) is 15.4. The molecule has 24 heavy (non-hydrogen) atoms. The zero-order valence-electron chi connectivity index (χ0n) is 13.5. The monoisotopic (exact) mass is 336 g/mol. The van der Waals surface area contributed by atoms with Gasteiger partial charge in [-0.1, -0.05) is 48.2 Å². The lowest BCUT2D eigenvalue weighted by molar-refractivity contribution is 0.667. The average molecular weight is 336 g/mol. The van der Waals surface area contributed by atoms with Crippen LogP contribution in [-0.2, 0) is 13.0 Å². The van der Waals surface area contributed by atoms with Crippen molar-refractivity contribution in [3.8, 4) is 0 Å². The summed E-state index contributed by atoms with van der Waals surface area (Å²) in [4.78, 5) is 4.39. The first-order valence-electron chi connectivity index (χ1n) is 8.40. The summed E-state index contributed by atoms with van der Waals surface area (Å²) in [6.45, 7) is 0.853. The Bertz CT molecular complexity index is 782. The summed E-state index contributed by atoms with van der Waals surface area (Å²) in [5.74, 6) is 2.72. The predicted octanol–water partition coefficient (Wildman–Crippen LogP) is 3.93. The second-order valence-corrected chi connectivity index (χ2v) is 7.17. The first-order valence-corrected chi connectivity index (χ1v) is 9.38. The van der Waals surface area contributed by atoms with E-state index in [1.54, 1.807) is 11.8 Å². The molecule has 3 aromatic rings. The fourth-order valence-corrected chi connectivity index (χ4v) is 3.66. The molecule has 0 N–H and O–H groups in total. The number of hydrogen-bond donors (Lipinski definition) is 0. The van der Waals surface area contributed by atoms with Crippen molar-refractivity contribution in [2.75, 3.05) is 5.75 Å². The topological polar surface area (TPSA) is 43.6 Å². The smallest absolute Gasteiger partial charge is 0.191 e. The van der Waals surface area contributed by atoms with Crippen molar-refractivity contribution in [2.45, 2.75) is 36.9 Å². The fourth-order valence-electron chi connectivity index (χ4n) is 2.76. The van der Waals surface area contributed by atoms with Gasteiger partial charge in [0.25, 0.3) is 0 Å². The molecule has 2 aromatic heterocycles. The molecule has 0 saturated heterocycles. The molecule has 4 rings (SSSR count). The number of hydrogen-bond acceptors (Lipinski definition) is 4. The van der Waals surface area contributed by atoms with Crippen molar-refractivity contribution in [3.05, 3.63) is 71.8 Å². The van der Waals surface area contributed by atoms with Gasteiger partial charge in [0.1, 0.15) is 5.82 Å². The molecule has 0 radical (unpaired) electrons. The normalized spacial score (nSPS) is 14.0. The summed E-state index contributed by atoms with van der Waals surface area (Å²) in [7, 11) is 0. The Labute approximate surface area is 146 Å². The Balaban J connectivity index is 1.48. The van der Waals surface area contributed by atoms with Crippen LogP contribution in [0.1, 0.15) is 35.8 Å². The summed E-state index contributed by atoms with van der Waals surface area (Å²) in [6.07, 6.45) is 5.28. The third-order valence-electron chi connectivity index (χ3n) is 4.19. The van der Waals surface area contributed by atoms with Crippen molar-refractivity contribution in [2.24, 2.45) is 0 Å². The van der Waals surface area contributed by atoms with Gasteiger partial charge >= 0.3 is 0 Å². The van der Waals surface area contributed by atoms with Gasteiger partial charge in [0, 0.05) is 23.6 Å². The van der Waals surface area contributed by atoms with Gasteiger partial charge in [0.05, 0.1) is 6.54 Å². The van der Waals surface area contributed by atoms with E-state index in [1.165, 1.54) is 18.4 Å². The highest BCUT2D eigenvalue weighted by atomic mass is 32.2. The lowest BCUT2D eigenvalue weighted by Crippen LogP contribution is -2.06. The van der Waals surface area contributed by atoms with Crippen molar-refractivity contribution < 1.29 is 0 Å². The standard InChI is InChI=1S/C19H20N4S/c1-2-6-15(7-3-1)14-23-18(16-9-10-16)21-22-19(23)24-13-11-17-8-4-5-12-20-17/h1-8,12,16H,9-11,13-14H2. The average Bonchev–Trinajstić information content (AvgIpc) is 3.40. The van der Waals surface area contributed by atoms with Gasteiger partial charge in [-0.15, -0.1) is 10.2 Å². The van der Waals surface area contributed by atoms with Crippen molar-refractivity contribution in [1.82, 2.24) is 19.7 Å². The quantitative estimate of drug-likeness (QED) is 0.613. The van der Waals surface area contributed by atoms with Crippen molar-refractivity contribution >= 4 is 11.8 Å². The van der Waals surface area contributed by atoms with E-state index in [4.69, 9.17) is 0 Å². The molecule has 0 amide bonds. The van der Waals surface area contributed by atoms with Crippen LogP contribution in [0.5, 0.6) is 0 Å². The van der Waals surface area contributed by atoms with Crippen LogP contribution >= 0.6 is 11.8 Å². The Hall–Kier alpha value is -2.14. The predicted molar refractivity (Wildman–Crippen MR) is 96.2 cm³/mol. The van der Waals surface area contributed by atoms with E-state index in [0.717, 1.165) is 35.4 Å². The minimum Gasteiger partial charge on any atom is -0.301 e. The summed E-state index contributed by atoms with van der Waals surface area (Å²) >= 11 is 1.78. The number of aromatic nitrogens is 4. The minimum atomic E-state index is 0.603. The number of thioether (sulfide) groups is 1. The molecule has 1 fully saturated rings. The molecule has 5 heteroatoms. The largest absolute Gasteiger partial charge is 0.301 e. The van der Waals surface area contributed by atoms with Crippen LogP contribution in [-0.4, -0.2) is 25.5 Å². The van der Waals surface area contributed by atoms with Gasteiger partial charge < -0.3 is 4.57 Å². The first-order chi connectivity index (χ1) is 11.9. The Morgan fingerprint density at radius 2 is 1.83 bits per heavy atom. The molecule has 0 spiro atoms. The van der Waals surface area contributed by atoms with E-state index in [-0.39, 0.29) is 0 Å². The van der Waals surface area contributed by atoms with Crippen LogP contribution in [0.4, 0.5) is 0 Å². The van der Waals surface area contributed by atoms with Crippen molar-refractivity contribution in [1.29, 1.82) is 0 Å². The van der Waals surface area contributed by atoms with Crippen LogP contribution in [0.2, 0.25) is 0 Å². The van der Waals surface area contributed by atoms with Crippen LogP contribution < -0.4 is 0 Å². The fraction of sp³-hybridized carbons (Fsp3) is 0.316. The number of benzene rings is 1. The number of rotatable bonds is 7. The van der Waals surface area contributed by atoms with Gasteiger partial charge in [-0.05, 0) is 37.0 Å². The highest BCUT2D eigenvalue weighted by Crippen LogP contribution is 2.40. The molecule has 0 bridgehead atoms. The third-order valence-corrected chi connectivity index (χ3v) is 5.16. The molecular formula is C19H20N4S. The van der Waals surface area contributed by atoms with E-state index in [2.05, 4.69) is 56.1 Å². The van der Waals surface area contributed by atoms with E-state index < -0.39 is 0 Å². The van der Waals surface area contributed by atoms with Crippen molar-refractivity contribution in [3.63, 3.8) is 0 Å². The minimum absolute atomic E-state index is 0.603. The van der Waals surface area contributed by atoms with Gasteiger partial charge in [0.2, 0.25) is 0 Å².